The molecule has 0 fully saturated rings. The maximum absolute atomic E-state index is 8.88. The van der Waals surface area contributed by atoms with Crippen LogP contribution in [0.5, 0.6) is 0 Å². The molecule has 2 rings (SSSR count). The van der Waals surface area contributed by atoms with Crippen molar-refractivity contribution in [3.63, 3.8) is 0 Å². The van der Waals surface area contributed by atoms with E-state index in [2.05, 4.69) is 39.4 Å². The summed E-state index contributed by atoms with van der Waals surface area (Å²) < 4.78 is 0. The molecule has 0 atom stereocenters. The van der Waals surface area contributed by atoms with Gasteiger partial charge in [-0.3, -0.25) is 0 Å². The second-order valence-electron chi connectivity index (χ2n) is 4.87. The van der Waals surface area contributed by atoms with Gasteiger partial charge in [0, 0.05) is 31.5 Å². The summed E-state index contributed by atoms with van der Waals surface area (Å²) in [6, 6.07) is 14.0. The zero-order valence-corrected chi connectivity index (χ0v) is 12.4. The van der Waals surface area contributed by atoms with E-state index < -0.39 is 0 Å². The van der Waals surface area contributed by atoms with Crippen LogP contribution in [0.3, 0.4) is 0 Å². The van der Waals surface area contributed by atoms with E-state index in [9.17, 15) is 0 Å². The van der Waals surface area contributed by atoms with E-state index in [1.807, 2.05) is 31.2 Å². The van der Waals surface area contributed by atoms with Crippen LogP contribution in [0.4, 0.5) is 11.6 Å². The maximum atomic E-state index is 8.88. The second kappa shape index (κ2) is 7.25. The van der Waals surface area contributed by atoms with Gasteiger partial charge in [0.15, 0.2) is 0 Å². The predicted octanol–water partition coefficient (Wildman–Crippen LogP) is 2.60. The van der Waals surface area contributed by atoms with Gasteiger partial charge in [-0.25, -0.2) is 9.97 Å². The highest BCUT2D eigenvalue weighted by atomic mass is 15.1. The number of nitrogens with one attached hydrogen (secondary N) is 1. The minimum Gasteiger partial charge on any atom is -0.375 e. The highest BCUT2D eigenvalue weighted by Gasteiger charge is 2.02. The molecule has 5 heteroatoms. The fraction of sp³-hybridized carbons (Fsp3) is 0.312. The highest BCUT2D eigenvalue weighted by molar-refractivity contribution is 5.44. The Hall–Kier alpha value is -2.61. The van der Waals surface area contributed by atoms with Crippen molar-refractivity contribution in [2.45, 2.75) is 13.3 Å². The van der Waals surface area contributed by atoms with Gasteiger partial charge in [0.1, 0.15) is 11.8 Å². The Morgan fingerprint density at radius 3 is 2.71 bits per heavy atom. The number of para-hydroxylation sites is 1. The summed E-state index contributed by atoms with van der Waals surface area (Å²) in [7, 11) is 2.08. The van der Waals surface area contributed by atoms with E-state index in [-0.39, 0.29) is 0 Å². The SMILES string of the molecule is Cc1cc(C#N)nc(NCCCN(C)c2ccccc2)n1. The first-order valence-electron chi connectivity index (χ1n) is 6.95. The van der Waals surface area contributed by atoms with Crippen molar-refractivity contribution in [1.82, 2.24) is 9.97 Å². The van der Waals surface area contributed by atoms with Crippen LogP contribution in [0.25, 0.3) is 0 Å². The topological polar surface area (TPSA) is 64.8 Å². The fourth-order valence-electron chi connectivity index (χ4n) is 2.03. The van der Waals surface area contributed by atoms with Gasteiger partial charge in [0.05, 0.1) is 0 Å². The Balaban J connectivity index is 1.80. The fourth-order valence-corrected chi connectivity index (χ4v) is 2.03. The van der Waals surface area contributed by atoms with Gasteiger partial charge in [-0.15, -0.1) is 0 Å². The normalized spacial score (nSPS) is 9.95. The van der Waals surface area contributed by atoms with Crippen LogP contribution in [-0.4, -0.2) is 30.1 Å². The molecule has 0 radical (unpaired) electrons. The Labute approximate surface area is 125 Å². The number of nitriles is 1. The summed E-state index contributed by atoms with van der Waals surface area (Å²) in [6.07, 6.45) is 0.963. The number of benzene rings is 1. The van der Waals surface area contributed by atoms with Gasteiger partial charge in [0.2, 0.25) is 5.95 Å². The van der Waals surface area contributed by atoms with Crippen LogP contribution in [0.1, 0.15) is 17.8 Å². The molecule has 0 saturated carbocycles. The van der Waals surface area contributed by atoms with E-state index in [4.69, 9.17) is 5.26 Å². The number of aryl methyl sites for hydroxylation is 1. The summed E-state index contributed by atoms with van der Waals surface area (Å²) in [5.74, 6) is 0.522. The molecule has 1 heterocycles. The number of hydrogen-bond donors (Lipinski definition) is 1. The minimum atomic E-state index is 0.395. The van der Waals surface area contributed by atoms with Crippen LogP contribution in [0.2, 0.25) is 0 Å². The molecule has 0 spiro atoms. The molecule has 0 aliphatic rings. The monoisotopic (exact) mass is 281 g/mol. The van der Waals surface area contributed by atoms with Gasteiger partial charge in [0.25, 0.3) is 0 Å². The molecular formula is C16H19N5. The molecule has 0 amide bonds. The molecule has 0 bridgehead atoms. The van der Waals surface area contributed by atoms with Crippen molar-refractivity contribution in [2.24, 2.45) is 0 Å². The highest BCUT2D eigenvalue weighted by Crippen LogP contribution is 2.11. The molecule has 0 unspecified atom stereocenters. The first-order valence-corrected chi connectivity index (χ1v) is 6.95. The molecule has 1 N–H and O–H groups in total. The van der Waals surface area contributed by atoms with Crippen LogP contribution in [-0.2, 0) is 0 Å². The Bertz CT molecular complexity index is 618. The largest absolute Gasteiger partial charge is 0.375 e. The molecule has 1 aromatic carbocycles. The molecule has 0 aliphatic carbocycles. The average molecular weight is 281 g/mol. The van der Waals surface area contributed by atoms with Crippen LogP contribution in [0, 0.1) is 18.3 Å². The van der Waals surface area contributed by atoms with Gasteiger partial charge in [-0.1, -0.05) is 18.2 Å². The van der Waals surface area contributed by atoms with Gasteiger partial charge in [-0.05, 0) is 31.5 Å². The molecule has 5 nitrogen and oxygen atoms in total. The van der Waals surface area contributed by atoms with E-state index >= 15 is 0 Å². The van der Waals surface area contributed by atoms with Gasteiger partial charge < -0.3 is 10.2 Å². The molecule has 1 aromatic heterocycles. The second-order valence-corrected chi connectivity index (χ2v) is 4.87. The molecule has 2 aromatic rings. The van der Waals surface area contributed by atoms with Crippen LogP contribution in [0.15, 0.2) is 36.4 Å². The third kappa shape index (κ3) is 4.46. The average Bonchev–Trinajstić information content (AvgIpc) is 2.51. The van der Waals surface area contributed by atoms with Crippen molar-refractivity contribution >= 4 is 11.6 Å². The van der Waals surface area contributed by atoms with Crippen molar-refractivity contribution in [2.75, 3.05) is 30.4 Å². The Morgan fingerprint density at radius 2 is 2.00 bits per heavy atom. The number of hydrogen-bond acceptors (Lipinski definition) is 5. The summed E-state index contributed by atoms with van der Waals surface area (Å²) in [4.78, 5) is 10.6. The standard InChI is InChI=1S/C16H19N5/c1-13-11-14(12-17)20-16(19-13)18-9-6-10-21(2)15-7-4-3-5-8-15/h3-5,7-8,11H,6,9-10H2,1-2H3,(H,18,19,20). The lowest BCUT2D eigenvalue weighted by atomic mass is 10.3. The molecular weight excluding hydrogens is 262 g/mol. The lowest BCUT2D eigenvalue weighted by Gasteiger charge is -2.19. The van der Waals surface area contributed by atoms with Gasteiger partial charge >= 0.3 is 0 Å². The summed E-state index contributed by atoms with van der Waals surface area (Å²) in [5.41, 5.74) is 2.40. The zero-order chi connectivity index (χ0) is 15.1. The van der Waals surface area contributed by atoms with Crippen molar-refractivity contribution in [3.05, 3.63) is 47.8 Å². The first-order chi connectivity index (χ1) is 10.2. The molecule has 0 saturated heterocycles. The van der Waals surface area contributed by atoms with Crippen LogP contribution >= 0.6 is 0 Å². The number of aromatic nitrogens is 2. The number of anilines is 2. The van der Waals surface area contributed by atoms with Crippen molar-refractivity contribution < 1.29 is 0 Å². The van der Waals surface area contributed by atoms with Gasteiger partial charge in [-0.2, -0.15) is 5.26 Å². The third-order valence-corrected chi connectivity index (χ3v) is 3.12. The predicted molar refractivity (Wildman–Crippen MR) is 84.3 cm³/mol. The molecule has 0 aliphatic heterocycles. The van der Waals surface area contributed by atoms with E-state index in [0.717, 1.165) is 25.2 Å². The zero-order valence-electron chi connectivity index (χ0n) is 12.4. The van der Waals surface area contributed by atoms with Crippen LogP contribution < -0.4 is 10.2 Å². The summed E-state index contributed by atoms with van der Waals surface area (Å²) >= 11 is 0. The Kier molecular flexibility index (Phi) is 5.10. The minimum absolute atomic E-state index is 0.395. The number of rotatable bonds is 6. The van der Waals surface area contributed by atoms with Crippen molar-refractivity contribution in [1.29, 1.82) is 5.26 Å². The van der Waals surface area contributed by atoms with E-state index in [0.29, 0.717) is 11.6 Å². The van der Waals surface area contributed by atoms with E-state index in [1.54, 1.807) is 6.07 Å². The third-order valence-electron chi connectivity index (χ3n) is 3.12. The smallest absolute Gasteiger partial charge is 0.224 e. The summed E-state index contributed by atoms with van der Waals surface area (Å²) in [6.45, 7) is 3.57. The number of nitrogens with zero attached hydrogens (tertiary/aromatic N) is 4. The molecule has 21 heavy (non-hydrogen) atoms. The lowest BCUT2D eigenvalue weighted by Crippen LogP contribution is -2.21. The quantitative estimate of drug-likeness (QED) is 0.824. The van der Waals surface area contributed by atoms with Crippen molar-refractivity contribution in [3.8, 4) is 6.07 Å². The Morgan fingerprint density at radius 1 is 1.24 bits per heavy atom. The lowest BCUT2D eigenvalue weighted by molar-refractivity contribution is 0.810. The van der Waals surface area contributed by atoms with E-state index in [1.165, 1.54) is 5.69 Å². The molecule has 108 valence electrons. The first kappa shape index (κ1) is 14.8. The maximum Gasteiger partial charge on any atom is 0.224 e. The summed E-state index contributed by atoms with van der Waals surface area (Å²) in [5, 5.41) is 12.0.